The summed E-state index contributed by atoms with van der Waals surface area (Å²) in [4.78, 5) is 14.0. The molecule has 0 aromatic carbocycles. The Morgan fingerprint density at radius 1 is 1.44 bits per heavy atom. The lowest BCUT2D eigenvalue weighted by atomic mass is 10.2. The van der Waals surface area contributed by atoms with Crippen molar-refractivity contribution < 1.29 is 4.79 Å². The third-order valence-corrected chi connectivity index (χ3v) is 3.21. The minimum atomic E-state index is 0.0609. The molecule has 0 aliphatic carbocycles. The SMILES string of the molecule is CCc1nn(C)cc1C(=O)N(C)CCCCCCl. The molecule has 0 saturated heterocycles. The van der Waals surface area contributed by atoms with Crippen LogP contribution in [0.25, 0.3) is 0 Å². The van der Waals surface area contributed by atoms with E-state index >= 15 is 0 Å². The van der Waals surface area contributed by atoms with Crippen molar-refractivity contribution >= 4 is 17.5 Å². The molecule has 102 valence electrons. The van der Waals surface area contributed by atoms with Gasteiger partial charge in [0.1, 0.15) is 0 Å². The van der Waals surface area contributed by atoms with E-state index in [1.807, 2.05) is 21.0 Å². The summed E-state index contributed by atoms with van der Waals surface area (Å²) in [6, 6.07) is 0. The highest BCUT2D eigenvalue weighted by molar-refractivity contribution is 6.17. The molecule has 18 heavy (non-hydrogen) atoms. The average Bonchev–Trinajstić information content (AvgIpc) is 2.74. The summed E-state index contributed by atoms with van der Waals surface area (Å²) in [5.74, 6) is 0.756. The van der Waals surface area contributed by atoms with Crippen LogP contribution in [-0.4, -0.2) is 40.1 Å². The predicted octanol–water partition coefficient (Wildman–Crippen LogP) is 2.46. The van der Waals surface area contributed by atoms with Crippen LogP contribution in [0.3, 0.4) is 0 Å². The van der Waals surface area contributed by atoms with Gasteiger partial charge in [-0.3, -0.25) is 9.48 Å². The van der Waals surface area contributed by atoms with Crippen molar-refractivity contribution in [1.29, 1.82) is 0 Å². The second kappa shape index (κ2) is 7.41. The summed E-state index contributed by atoms with van der Waals surface area (Å²) in [5.41, 5.74) is 1.59. The number of halogens is 1. The lowest BCUT2D eigenvalue weighted by Crippen LogP contribution is -2.28. The Labute approximate surface area is 114 Å². The van der Waals surface area contributed by atoms with Crippen molar-refractivity contribution in [2.75, 3.05) is 19.5 Å². The lowest BCUT2D eigenvalue weighted by molar-refractivity contribution is 0.0791. The van der Waals surface area contributed by atoms with Gasteiger partial charge in [0.2, 0.25) is 0 Å². The highest BCUT2D eigenvalue weighted by Crippen LogP contribution is 2.11. The Kier molecular flexibility index (Phi) is 6.19. The Hall–Kier alpha value is -1.03. The summed E-state index contributed by atoms with van der Waals surface area (Å²) in [5, 5.41) is 4.29. The number of alkyl halides is 1. The molecule has 0 N–H and O–H groups in total. The van der Waals surface area contributed by atoms with E-state index in [0.717, 1.165) is 43.5 Å². The molecule has 0 unspecified atom stereocenters. The largest absolute Gasteiger partial charge is 0.342 e. The maximum Gasteiger partial charge on any atom is 0.257 e. The highest BCUT2D eigenvalue weighted by atomic mass is 35.5. The fraction of sp³-hybridized carbons (Fsp3) is 0.692. The molecule has 1 aromatic heterocycles. The highest BCUT2D eigenvalue weighted by Gasteiger charge is 2.17. The molecule has 0 saturated carbocycles. The van der Waals surface area contributed by atoms with Gasteiger partial charge in [-0.15, -0.1) is 11.6 Å². The van der Waals surface area contributed by atoms with Crippen LogP contribution in [0.2, 0.25) is 0 Å². The van der Waals surface area contributed by atoms with Crippen molar-refractivity contribution in [3.63, 3.8) is 0 Å². The number of carbonyl (C=O) groups excluding carboxylic acids is 1. The van der Waals surface area contributed by atoms with E-state index in [0.29, 0.717) is 5.88 Å². The van der Waals surface area contributed by atoms with Crippen LogP contribution in [0.4, 0.5) is 0 Å². The first kappa shape index (κ1) is 15.0. The van der Waals surface area contributed by atoms with E-state index in [-0.39, 0.29) is 5.91 Å². The number of hydrogen-bond acceptors (Lipinski definition) is 2. The first-order valence-electron chi connectivity index (χ1n) is 6.44. The Bertz CT molecular complexity index is 390. The molecule has 1 aromatic rings. The van der Waals surface area contributed by atoms with Crippen molar-refractivity contribution in [1.82, 2.24) is 14.7 Å². The second-order valence-electron chi connectivity index (χ2n) is 4.49. The monoisotopic (exact) mass is 271 g/mol. The van der Waals surface area contributed by atoms with Gasteiger partial charge in [-0.25, -0.2) is 0 Å². The second-order valence-corrected chi connectivity index (χ2v) is 4.87. The standard InChI is InChI=1S/C13H22ClN3O/c1-4-12-11(10-17(3)15-12)13(18)16(2)9-7-5-6-8-14/h10H,4-9H2,1-3H3. The number of unbranched alkanes of at least 4 members (excludes halogenated alkanes) is 2. The van der Waals surface area contributed by atoms with Gasteiger partial charge in [0.05, 0.1) is 11.3 Å². The van der Waals surface area contributed by atoms with Gasteiger partial charge < -0.3 is 4.90 Å². The maximum atomic E-state index is 12.2. The normalized spacial score (nSPS) is 10.7. The zero-order valence-electron chi connectivity index (χ0n) is 11.4. The zero-order valence-corrected chi connectivity index (χ0v) is 12.2. The lowest BCUT2D eigenvalue weighted by Gasteiger charge is -2.16. The van der Waals surface area contributed by atoms with E-state index in [1.165, 1.54) is 0 Å². The molecule has 0 atom stereocenters. The van der Waals surface area contributed by atoms with Crippen LogP contribution < -0.4 is 0 Å². The van der Waals surface area contributed by atoms with E-state index in [4.69, 9.17) is 11.6 Å². The number of nitrogens with zero attached hydrogens (tertiary/aromatic N) is 3. The quantitative estimate of drug-likeness (QED) is 0.564. The van der Waals surface area contributed by atoms with Gasteiger partial charge in [0, 0.05) is 32.7 Å². The maximum absolute atomic E-state index is 12.2. The van der Waals surface area contributed by atoms with E-state index in [9.17, 15) is 4.79 Å². The van der Waals surface area contributed by atoms with Crippen LogP contribution in [-0.2, 0) is 13.5 Å². The third kappa shape index (κ3) is 4.02. The Balaban J connectivity index is 2.57. The van der Waals surface area contributed by atoms with Crippen molar-refractivity contribution in [3.8, 4) is 0 Å². The molecule has 1 heterocycles. The molecular weight excluding hydrogens is 250 g/mol. The van der Waals surface area contributed by atoms with E-state index in [2.05, 4.69) is 5.10 Å². The van der Waals surface area contributed by atoms with E-state index < -0.39 is 0 Å². The average molecular weight is 272 g/mol. The first-order valence-corrected chi connectivity index (χ1v) is 6.97. The summed E-state index contributed by atoms with van der Waals surface area (Å²) in [6.07, 6.45) is 5.65. The molecule has 0 spiro atoms. The number of carbonyl (C=O) groups is 1. The first-order chi connectivity index (χ1) is 8.60. The molecule has 0 aliphatic rings. The number of aromatic nitrogens is 2. The van der Waals surface area contributed by atoms with Gasteiger partial charge in [-0.2, -0.15) is 5.10 Å². The fourth-order valence-corrected chi connectivity index (χ4v) is 2.09. The number of hydrogen-bond donors (Lipinski definition) is 0. The summed E-state index contributed by atoms with van der Waals surface area (Å²) in [7, 11) is 3.69. The smallest absolute Gasteiger partial charge is 0.257 e. The third-order valence-electron chi connectivity index (χ3n) is 2.94. The molecule has 1 amide bonds. The number of aryl methyl sites for hydroxylation is 2. The van der Waals surface area contributed by atoms with Crippen LogP contribution in [0.5, 0.6) is 0 Å². The topological polar surface area (TPSA) is 38.1 Å². The molecule has 0 fully saturated rings. The van der Waals surface area contributed by atoms with Gasteiger partial charge in [-0.1, -0.05) is 13.3 Å². The van der Waals surface area contributed by atoms with Crippen molar-refractivity contribution in [3.05, 3.63) is 17.5 Å². The van der Waals surface area contributed by atoms with Crippen molar-refractivity contribution in [2.45, 2.75) is 32.6 Å². The molecular formula is C13H22ClN3O. The molecule has 5 heteroatoms. The molecule has 0 aliphatic heterocycles. The summed E-state index contributed by atoms with van der Waals surface area (Å²) in [6.45, 7) is 2.79. The minimum absolute atomic E-state index is 0.0609. The predicted molar refractivity (Wildman–Crippen MR) is 74.1 cm³/mol. The zero-order chi connectivity index (χ0) is 13.5. The molecule has 0 radical (unpaired) electrons. The van der Waals surface area contributed by atoms with Crippen molar-refractivity contribution in [2.24, 2.45) is 7.05 Å². The summed E-state index contributed by atoms with van der Waals surface area (Å²) >= 11 is 5.63. The van der Waals surface area contributed by atoms with E-state index in [1.54, 1.807) is 15.8 Å². The number of rotatable bonds is 7. The Morgan fingerprint density at radius 3 is 2.78 bits per heavy atom. The van der Waals surface area contributed by atoms with Crippen LogP contribution >= 0.6 is 11.6 Å². The summed E-state index contributed by atoms with van der Waals surface area (Å²) < 4.78 is 1.70. The van der Waals surface area contributed by atoms with Gasteiger partial charge >= 0.3 is 0 Å². The fourth-order valence-electron chi connectivity index (χ4n) is 1.90. The van der Waals surface area contributed by atoms with Crippen LogP contribution in [0.15, 0.2) is 6.20 Å². The van der Waals surface area contributed by atoms with Gasteiger partial charge in [0.25, 0.3) is 5.91 Å². The Morgan fingerprint density at radius 2 is 2.17 bits per heavy atom. The van der Waals surface area contributed by atoms with Crippen LogP contribution in [0, 0.1) is 0 Å². The number of amides is 1. The van der Waals surface area contributed by atoms with Gasteiger partial charge in [0.15, 0.2) is 0 Å². The van der Waals surface area contributed by atoms with Crippen LogP contribution in [0.1, 0.15) is 42.2 Å². The molecule has 1 rings (SSSR count). The molecule has 4 nitrogen and oxygen atoms in total. The van der Waals surface area contributed by atoms with Gasteiger partial charge in [-0.05, 0) is 19.3 Å². The molecule has 0 bridgehead atoms. The minimum Gasteiger partial charge on any atom is -0.342 e.